The summed E-state index contributed by atoms with van der Waals surface area (Å²) < 4.78 is 0. The van der Waals surface area contributed by atoms with Gasteiger partial charge in [-0.15, -0.1) is 15.0 Å². The van der Waals surface area contributed by atoms with Gasteiger partial charge in [0.1, 0.15) is 0 Å². The van der Waals surface area contributed by atoms with Gasteiger partial charge in [-0.1, -0.05) is 62.4 Å². The first-order valence-electron chi connectivity index (χ1n) is 7.04. The number of aromatic nitrogens is 4. The monoisotopic (exact) mass is 282 g/mol. The molecule has 110 valence electrons. The number of aryl methyl sites for hydroxylation is 1. The fourth-order valence-corrected chi connectivity index (χ4v) is 1.51. The van der Waals surface area contributed by atoms with E-state index < -0.39 is 0 Å². The van der Waals surface area contributed by atoms with Gasteiger partial charge in [0.25, 0.3) is 0 Å². The van der Waals surface area contributed by atoms with E-state index in [2.05, 4.69) is 22.0 Å². The van der Waals surface area contributed by atoms with E-state index in [0.29, 0.717) is 5.82 Å². The molecule has 0 spiro atoms. The molecule has 4 nitrogen and oxygen atoms in total. The molecule has 0 aliphatic heterocycles. The van der Waals surface area contributed by atoms with E-state index in [1.807, 2.05) is 70.2 Å². The summed E-state index contributed by atoms with van der Waals surface area (Å²) in [4.78, 5) is 1.53. The third kappa shape index (κ3) is 4.84. The van der Waals surface area contributed by atoms with Crippen LogP contribution in [0.25, 0.3) is 11.3 Å². The summed E-state index contributed by atoms with van der Waals surface area (Å²) in [6.45, 7) is 11.6. The second kappa shape index (κ2) is 8.64. The highest BCUT2D eigenvalue weighted by Gasteiger charge is 2.05. The number of tetrazole rings is 1. The van der Waals surface area contributed by atoms with Crippen LogP contribution in [-0.4, -0.2) is 20.2 Å². The minimum atomic E-state index is 0.620. The Morgan fingerprint density at radius 3 is 2.43 bits per heavy atom. The van der Waals surface area contributed by atoms with Crippen molar-refractivity contribution in [2.45, 2.75) is 27.7 Å². The third-order valence-electron chi connectivity index (χ3n) is 2.62. The molecule has 0 N–H and O–H groups in total. The van der Waals surface area contributed by atoms with Gasteiger partial charge in [-0.25, -0.2) is 0 Å². The highest BCUT2D eigenvalue weighted by Crippen LogP contribution is 2.10. The molecule has 0 bridgehead atoms. The second-order valence-corrected chi connectivity index (χ2v) is 4.21. The maximum absolute atomic E-state index is 4.36. The summed E-state index contributed by atoms with van der Waals surface area (Å²) in [6, 6.07) is 7.98. The molecule has 0 atom stereocenters. The Hall–Kier alpha value is -2.49. The van der Waals surface area contributed by atoms with Gasteiger partial charge in [0.2, 0.25) is 5.82 Å². The average Bonchev–Trinajstić information content (AvgIpc) is 3.00. The number of hydrogen-bond acceptors (Lipinski definition) is 3. The molecule has 0 aliphatic rings. The minimum absolute atomic E-state index is 0.620. The van der Waals surface area contributed by atoms with Gasteiger partial charge in [0, 0.05) is 0 Å². The zero-order valence-electron chi connectivity index (χ0n) is 13.1. The fourth-order valence-electron chi connectivity index (χ4n) is 1.51. The number of hydrogen-bond donors (Lipinski definition) is 0. The molecule has 4 heteroatoms. The van der Waals surface area contributed by atoms with Gasteiger partial charge in [-0.3, -0.25) is 0 Å². The number of nitrogens with zero attached hydrogens (tertiary/aromatic N) is 4. The zero-order chi connectivity index (χ0) is 15.7. The molecule has 0 amide bonds. The summed E-state index contributed by atoms with van der Waals surface area (Å²) in [5.41, 5.74) is 3.06. The second-order valence-electron chi connectivity index (χ2n) is 4.21. The first-order valence-corrected chi connectivity index (χ1v) is 7.04. The largest absolute Gasteiger partial charge is 0.201 e. The van der Waals surface area contributed by atoms with Gasteiger partial charge in [-0.2, -0.15) is 0 Å². The molecule has 0 saturated carbocycles. The van der Waals surface area contributed by atoms with Crippen LogP contribution in [0.5, 0.6) is 0 Å². The number of rotatable bonds is 4. The first-order chi connectivity index (χ1) is 10.2. The smallest absolute Gasteiger partial charge is 0.131 e. The molecule has 0 unspecified atom stereocenters. The van der Waals surface area contributed by atoms with Gasteiger partial charge in [-0.05, 0) is 36.8 Å². The third-order valence-corrected chi connectivity index (χ3v) is 2.62. The predicted molar refractivity (Wildman–Crippen MR) is 88.2 cm³/mol. The van der Waals surface area contributed by atoms with E-state index in [1.165, 1.54) is 10.4 Å². The van der Waals surface area contributed by atoms with Crippen LogP contribution in [0.4, 0.5) is 0 Å². The minimum Gasteiger partial charge on any atom is -0.131 e. The standard InChI is InChI=1S/C15H16N4.C2H6/c1-4-5-6-7-13(3)15-16-18-19(17-15)14-10-8-12(2)9-11-14;1-2/h4-11H,1H2,2-3H3;1-2H3/b6-5-,13-7+;. The predicted octanol–water partition coefficient (Wildman–Crippen LogP) is 4.14. The molecule has 2 aromatic rings. The lowest BCUT2D eigenvalue weighted by Gasteiger charge is -1.98. The van der Waals surface area contributed by atoms with Crippen LogP contribution in [0.3, 0.4) is 0 Å². The number of allylic oxidation sites excluding steroid dienone is 5. The molecule has 0 fully saturated rings. The van der Waals surface area contributed by atoms with E-state index in [0.717, 1.165) is 11.3 Å². The normalized spacial score (nSPS) is 11.1. The van der Waals surface area contributed by atoms with Crippen molar-refractivity contribution in [3.8, 4) is 5.69 Å². The molecule has 2 rings (SSSR count). The molecule has 1 aromatic heterocycles. The lowest BCUT2D eigenvalue weighted by atomic mass is 10.2. The first kappa shape index (κ1) is 16.6. The van der Waals surface area contributed by atoms with Gasteiger partial charge in [0.15, 0.2) is 0 Å². The van der Waals surface area contributed by atoms with Crippen LogP contribution in [0, 0.1) is 6.92 Å². The van der Waals surface area contributed by atoms with Gasteiger partial charge >= 0.3 is 0 Å². The van der Waals surface area contributed by atoms with Crippen LogP contribution in [0.15, 0.2) is 55.1 Å². The highest BCUT2D eigenvalue weighted by molar-refractivity contribution is 5.58. The van der Waals surface area contributed by atoms with Crippen molar-refractivity contribution >= 4 is 5.57 Å². The topological polar surface area (TPSA) is 43.6 Å². The van der Waals surface area contributed by atoms with Crippen LogP contribution >= 0.6 is 0 Å². The Bertz CT molecular complexity index is 618. The van der Waals surface area contributed by atoms with Crippen molar-refractivity contribution in [3.63, 3.8) is 0 Å². The summed E-state index contributed by atoms with van der Waals surface area (Å²) in [7, 11) is 0. The van der Waals surface area contributed by atoms with Crippen LogP contribution in [0.1, 0.15) is 32.2 Å². The summed E-state index contributed by atoms with van der Waals surface area (Å²) in [5.74, 6) is 0.620. The highest BCUT2D eigenvalue weighted by atomic mass is 15.6. The lowest BCUT2D eigenvalue weighted by molar-refractivity contribution is 0.719. The molecule has 21 heavy (non-hydrogen) atoms. The summed E-state index contributed by atoms with van der Waals surface area (Å²) in [6.07, 6.45) is 7.40. The van der Waals surface area contributed by atoms with E-state index in [-0.39, 0.29) is 0 Å². The van der Waals surface area contributed by atoms with E-state index in [1.54, 1.807) is 6.08 Å². The average molecular weight is 282 g/mol. The molecule has 1 heterocycles. The number of benzene rings is 1. The zero-order valence-corrected chi connectivity index (χ0v) is 13.1. The van der Waals surface area contributed by atoms with E-state index in [9.17, 15) is 0 Å². The molecule has 1 aromatic carbocycles. The van der Waals surface area contributed by atoms with E-state index in [4.69, 9.17) is 0 Å². The van der Waals surface area contributed by atoms with Crippen molar-refractivity contribution in [2.24, 2.45) is 0 Å². The SMILES string of the molecule is C=C/C=C\C=C(/C)c1nnn(-c2ccc(C)cc2)n1.CC. The Morgan fingerprint density at radius 2 is 1.81 bits per heavy atom. The Balaban J connectivity index is 0.00000106. The molecule has 0 saturated heterocycles. The van der Waals surface area contributed by atoms with Gasteiger partial charge in [0.05, 0.1) is 5.69 Å². The van der Waals surface area contributed by atoms with Crippen molar-refractivity contribution < 1.29 is 0 Å². The van der Waals surface area contributed by atoms with Crippen LogP contribution < -0.4 is 0 Å². The van der Waals surface area contributed by atoms with Gasteiger partial charge < -0.3 is 0 Å². The van der Waals surface area contributed by atoms with Crippen LogP contribution in [-0.2, 0) is 0 Å². The Kier molecular flexibility index (Phi) is 6.81. The molecule has 0 aliphatic carbocycles. The summed E-state index contributed by atoms with van der Waals surface area (Å²) >= 11 is 0. The fraction of sp³-hybridized carbons (Fsp3) is 0.235. The quantitative estimate of drug-likeness (QED) is 0.791. The molecular formula is C17H22N4. The van der Waals surface area contributed by atoms with Crippen molar-refractivity contribution in [1.29, 1.82) is 0 Å². The van der Waals surface area contributed by atoms with E-state index >= 15 is 0 Å². The van der Waals surface area contributed by atoms with Crippen LogP contribution in [0.2, 0.25) is 0 Å². The lowest BCUT2D eigenvalue weighted by Crippen LogP contribution is -1.98. The molecular weight excluding hydrogens is 260 g/mol. The Morgan fingerprint density at radius 1 is 1.14 bits per heavy atom. The Labute approximate surface area is 126 Å². The van der Waals surface area contributed by atoms with Crippen molar-refractivity contribution in [3.05, 3.63) is 66.5 Å². The van der Waals surface area contributed by atoms with Crippen molar-refractivity contribution in [2.75, 3.05) is 0 Å². The molecule has 0 radical (unpaired) electrons. The summed E-state index contributed by atoms with van der Waals surface area (Å²) in [5, 5.41) is 12.5. The maximum Gasteiger partial charge on any atom is 0.201 e. The maximum atomic E-state index is 4.36. The van der Waals surface area contributed by atoms with Crippen molar-refractivity contribution in [1.82, 2.24) is 20.2 Å².